The average Bonchev–Trinajstić information content (AvgIpc) is 2.80. The van der Waals surface area contributed by atoms with Gasteiger partial charge in [-0.1, -0.05) is 0 Å². The van der Waals surface area contributed by atoms with E-state index in [0.29, 0.717) is 11.6 Å². The first kappa shape index (κ1) is 13.5. The molecular formula is C11H10INO4S. The van der Waals surface area contributed by atoms with Crippen LogP contribution in [-0.4, -0.2) is 44.7 Å². The Morgan fingerprint density at radius 2 is 2.17 bits per heavy atom. The molecule has 0 aliphatic carbocycles. The number of carboxylic acids is 1. The van der Waals surface area contributed by atoms with Gasteiger partial charge in [0, 0.05) is 9.32 Å². The van der Waals surface area contributed by atoms with Crippen molar-refractivity contribution in [2.75, 3.05) is 11.6 Å². The first-order chi connectivity index (χ1) is 8.50. The van der Waals surface area contributed by atoms with E-state index in [1.165, 1.54) is 22.7 Å². The third-order valence-electron chi connectivity index (χ3n) is 2.62. The summed E-state index contributed by atoms with van der Waals surface area (Å²) in [4.78, 5) is 24.5. The summed E-state index contributed by atoms with van der Waals surface area (Å²) in [6.07, 6.45) is 0. The number of thioether (sulfide) groups is 1. The Morgan fingerprint density at radius 1 is 1.44 bits per heavy atom. The Bertz CT molecular complexity index is 508. The largest absolute Gasteiger partial charge is 0.507 e. The van der Waals surface area contributed by atoms with Crippen molar-refractivity contribution in [2.45, 2.75) is 6.04 Å². The van der Waals surface area contributed by atoms with Crippen LogP contribution in [-0.2, 0) is 4.79 Å². The number of hydrogen-bond donors (Lipinski definition) is 2. The van der Waals surface area contributed by atoms with E-state index in [-0.39, 0.29) is 11.3 Å². The molecule has 96 valence electrons. The molecule has 2 N–H and O–H groups in total. The Kier molecular flexibility index (Phi) is 4.00. The Labute approximate surface area is 121 Å². The molecule has 7 heteroatoms. The molecule has 2 rings (SSSR count). The number of halogens is 1. The van der Waals surface area contributed by atoms with Crippen molar-refractivity contribution in [1.29, 1.82) is 0 Å². The molecule has 1 amide bonds. The third-order valence-corrected chi connectivity index (χ3v) is 4.30. The predicted molar refractivity (Wildman–Crippen MR) is 75.7 cm³/mol. The highest BCUT2D eigenvalue weighted by atomic mass is 127. The highest BCUT2D eigenvalue weighted by molar-refractivity contribution is 14.1. The van der Waals surface area contributed by atoms with Crippen LogP contribution in [0.15, 0.2) is 18.2 Å². The molecule has 0 spiro atoms. The van der Waals surface area contributed by atoms with Gasteiger partial charge in [-0.25, -0.2) is 4.79 Å². The first-order valence-corrected chi connectivity index (χ1v) is 7.34. The minimum Gasteiger partial charge on any atom is -0.507 e. The second kappa shape index (κ2) is 5.35. The highest BCUT2D eigenvalue weighted by Gasteiger charge is 2.35. The summed E-state index contributed by atoms with van der Waals surface area (Å²) in [7, 11) is 0. The molecule has 1 aliphatic heterocycles. The maximum absolute atomic E-state index is 12.2. The number of hydrogen-bond acceptors (Lipinski definition) is 4. The first-order valence-electron chi connectivity index (χ1n) is 5.10. The topological polar surface area (TPSA) is 77.8 Å². The lowest BCUT2D eigenvalue weighted by Crippen LogP contribution is -2.41. The SMILES string of the molecule is O=C(O)[C@@H]1CSCN1C(=O)c1cc(I)ccc1O. The van der Waals surface area contributed by atoms with Crippen LogP contribution in [0.1, 0.15) is 10.4 Å². The van der Waals surface area contributed by atoms with E-state index in [0.717, 1.165) is 3.57 Å². The molecule has 1 aromatic rings. The highest BCUT2D eigenvalue weighted by Crippen LogP contribution is 2.27. The number of aliphatic carboxylic acids is 1. The smallest absolute Gasteiger partial charge is 0.327 e. The summed E-state index contributed by atoms with van der Waals surface area (Å²) >= 11 is 3.43. The molecule has 18 heavy (non-hydrogen) atoms. The molecule has 1 aromatic carbocycles. The monoisotopic (exact) mass is 379 g/mol. The van der Waals surface area contributed by atoms with Crippen LogP contribution in [0.2, 0.25) is 0 Å². The molecular weight excluding hydrogens is 369 g/mol. The van der Waals surface area contributed by atoms with Crippen molar-refractivity contribution >= 4 is 46.2 Å². The van der Waals surface area contributed by atoms with Gasteiger partial charge in [-0.15, -0.1) is 11.8 Å². The van der Waals surface area contributed by atoms with E-state index in [4.69, 9.17) is 5.11 Å². The maximum atomic E-state index is 12.2. The maximum Gasteiger partial charge on any atom is 0.327 e. The van der Waals surface area contributed by atoms with Crippen LogP contribution >= 0.6 is 34.4 Å². The second-order valence-corrected chi connectivity index (χ2v) is 6.04. The van der Waals surface area contributed by atoms with Crippen molar-refractivity contribution in [2.24, 2.45) is 0 Å². The predicted octanol–water partition coefficient (Wildman–Crippen LogP) is 1.60. The lowest BCUT2D eigenvalue weighted by Gasteiger charge is -2.20. The molecule has 1 heterocycles. The Hall–Kier alpha value is -0.960. The summed E-state index contributed by atoms with van der Waals surface area (Å²) < 4.78 is 0.812. The van der Waals surface area contributed by atoms with E-state index >= 15 is 0 Å². The zero-order valence-electron chi connectivity index (χ0n) is 9.17. The zero-order chi connectivity index (χ0) is 13.3. The van der Waals surface area contributed by atoms with Gasteiger partial charge in [-0.2, -0.15) is 0 Å². The third kappa shape index (κ3) is 2.56. The standard InChI is InChI=1S/C11H10INO4S/c12-6-1-2-9(14)7(3-6)10(15)13-5-18-4-8(13)11(16)17/h1-3,8,14H,4-5H2,(H,16,17)/t8-/m0/s1. The van der Waals surface area contributed by atoms with Crippen molar-refractivity contribution in [3.05, 3.63) is 27.3 Å². The molecule has 0 radical (unpaired) electrons. The van der Waals surface area contributed by atoms with E-state index in [1.807, 2.05) is 22.6 Å². The number of carboxylic acid groups (broad SMARTS) is 1. The van der Waals surface area contributed by atoms with E-state index < -0.39 is 17.9 Å². The van der Waals surface area contributed by atoms with Crippen molar-refractivity contribution in [3.8, 4) is 5.75 Å². The van der Waals surface area contributed by atoms with Gasteiger partial charge in [0.05, 0.1) is 11.4 Å². The van der Waals surface area contributed by atoms with Gasteiger partial charge in [0.2, 0.25) is 0 Å². The van der Waals surface area contributed by atoms with Crippen molar-refractivity contribution < 1.29 is 19.8 Å². The van der Waals surface area contributed by atoms with Crippen molar-refractivity contribution in [1.82, 2.24) is 4.90 Å². The Morgan fingerprint density at radius 3 is 2.83 bits per heavy atom. The summed E-state index contributed by atoms with van der Waals surface area (Å²) in [6, 6.07) is 3.86. The van der Waals surface area contributed by atoms with Gasteiger partial charge in [-0.3, -0.25) is 4.79 Å². The average molecular weight is 379 g/mol. The van der Waals surface area contributed by atoms with Gasteiger partial charge >= 0.3 is 5.97 Å². The molecule has 0 bridgehead atoms. The molecule has 0 unspecified atom stereocenters. The Balaban J connectivity index is 2.31. The molecule has 0 saturated carbocycles. The van der Waals surface area contributed by atoms with E-state index in [2.05, 4.69) is 0 Å². The molecule has 5 nitrogen and oxygen atoms in total. The molecule has 1 aliphatic rings. The zero-order valence-corrected chi connectivity index (χ0v) is 12.1. The lowest BCUT2D eigenvalue weighted by molar-refractivity contribution is -0.140. The number of amides is 1. The number of nitrogens with zero attached hydrogens (tertiary/aromatic N) is 1. The number of rotatable bonds is 2. The fraction of sp³-hybridized carbons (Fsp3) is 0.273. The van der Waals surface area contributed by atoms with E-state index in [9.17, 15) is 14.7 Å². The number of benzene rings is 1. The molecule has 1 atom stereocenters. The van der Waals surface area contributed by atoms with Gasteiger partial charge in [0.1, 0.15) is 11.8 Å². The van der Waals surface area contributed by atoms with Gasteiger partial charge in [0.15, 0.2) is 0 Å². The summed E-state index contributed by atoms with van der Waals surface area (Å²) in [5.74, 6) is -0.865. The number of phenolic OH excluding ortho intramolecular Hbond substituents is 1. The van der Waals surface area contributed by atoms with Crippen LogP contribution in [0.5, 0.6) is 5.75 Å². The molecule has 1 saturated heterocycles. The van der Waals surface area contributed by atoms with E-state index in [1.54, 1.807) is 12.1 Å². The van der Waals surface area contributed by atoms with Crippen LogP contribution in [0.25, 0.3) is 0 Å². The van der Waals surface area contributed by atoms with Gasteiger partial charge in [0.25, 0.3) is 5.91 Å². The van der Waals surface area contributed by atoms with Crippen molar-refractivity contribution in [3.63, 3.8) is 0 Å². The second-order valence-electron chi connectivity index (χ2n) is 3.79. The molecule has 0 aromatic heterocycles. The van der Waals surface area contributed by atoms with Gasteiger partial charge < -0.3 is 15.1 Å². The summed E-state index contributed by atoms with van der Waals surface area (Å²) in [5.41, 5.74) is 0.149. The van der Waals surface area contributed by atoms with Crippen LogP contribution in [0, 0.1) is 3.57 Å². The minimum atomic E-state index is -1.02. The number of aromatic hydroxyl groups is 1. The number of phenols is 1. The lowest BCUT2D eigenvalue weighted by atomic mass is 10.1. The van der Waals surface area contributed by atoms with Gasteiger partial charge in [-0.05, 0) is 40.8 Å². The summed E-state index contributed by atoms with van der Waals surface area (Å²) in [5, 5.41) is 18.7. The number of carbonyl (C=O) groups excluding carboxylic acids is 1. The molecule has 1 fully saturated rings. The normalized spacial score (nSPS) is 18.9. The fourth-order valence-electron chi connectivity index (χ4n) is 1.68. The fourth-order valence-corrected chi connectivity index (χ4v) is 3.32. The van der Waals surface area contributed by atoms with Crippen LogP contribution in [0.3, 0.4) is 0 Å². The van der Waals surface area contributed by atoms with Crippen LogP contribution < -0.4 is 0 Å². The summed E-state index contributed by atoms with van der Waals surface area (Å²) in [6.45, 7) is 0. The van der Waals surface area contributed by atoms with Crippen LogP contribution in [0.4, 0.5) is 0 Å². The number of carbonyl (C=O) groups is 2. The minimum absolute atomic E-state index is 0.124. The quantitative estimate of drug-likeness (QED) is 0.764.